The predicted molar refractivity (Wildman–Crippen MR) is 101 cm³/mol. The molecule has 136 valence electrons. The van der Waals surface area contributed by atoms with Crippen LogP contribution < -0.4 is 5.32 Å². The highest BCUT2D eigenvalue weighted by atomic mass is 35.5. The number of hydrogen-bond acceptors (Lipinski definition) is 4. The maximum Gasteiger partial charge on any atom is 0.410 e. The van der Waals surface area contributed by atoms with Gasteiger partial charge in [0.05, 0.1) is 8.67 Å². The van der Waals surface area contributed by atoms with E-state index in [9.17, 15) is 4.79 Å². The Balaban J connectivity index is 1.77. The van der Waals surface area contributed by atoms with Crippen molar-refractivity contribution in [1.29, 1.82) is 0 Å². The lowest BCUT2D eigenvalue weighted by atomic mass is 10.2. The number of carbonyl (C=O) groups excluding carboxylic acids is 1. The van der Waals surface area contributed by atoms with Crippen molar-refractivity contribution < 1.29 is 9.53 Å². The van der Waals surface area contributed by atoms with Crippen molar-refractivity contribution in [2.75, 3.05) is 13.1 Å². The fourth-order valence-electron chi connectivity index (χ4n) is 2.46. The van der Waals surface area contributed by atoms with Gasteiger partial charge in [-0.3, -0.25) is 0 Å². The normalized spacial score (nSPS) is 16.1. The van der Waals surface area contributed by atoms with Crippen LogP contribution in [0.15, 0.2) is 6.07 Å². The third-order valence-corrected chi connectivity index (χ3v) is 5.31. The van der Waals surface area contributed by atoms with E-state index < -0.39 is 5.60 Å². The summed E-state index contributed by atoms with van der Waals surface area (Å²) in [6, 6.07) is 2.39. The zero-order valence-corrected chi connectivity index (χ0v) is 17.0. The van der Waals surface area contributed by atoms with Crippen LogP contribution in [0, 0.1) is 0 Å². The number of rotatable bonds is 7. The number of nitrogens with zero attached hydrogens (tertiary/aromatic N) is 1. The highest BCUT2D eigenvalue weighted by Crippen LogP contribution is 2.34. The van der Waals surface area contributed by atoms with Crippen molar-refractivity contribution in [2.45, 2.75) is 64.6 Å². The SMILES string of the molecule is CC(NCCCN(C(=O)OC(C)(C)C)C1CC1)c1cc(Cl)sc1Cl. The molecule has 2 rings (SSSR count). The number of ether oxygens (including phenoxy) is 1. The predicted octanol–water partition coefficient (Wildman–Crippen LogP) is 5.50. The Labute approximate surface area is 158 Å². The van der Waals surface area contributed by atoms with Crippen LogP contribution in [0.4, 0.5) is 4.79 Å². The van der Waals surface area contributed by atoms with Gasteiger partial charge in [0.2, 0.25) is 0 Å². The molecule has 4 nitrogen and oxygen atoms in total. The third-order valence-electron chi connectivity index (χ3n) is 3.79. The van der Waals surface area contributed by atoms with Gasteiger partial charge in [-0.2, -0.15) is 0 Å². The summed E-state index contributed by atoms with van der Waals surface area (Å²) in [7, 11) is 0. The fourth-order valence-corrected chi connectivity index (χ4v) is 4.10. The Bertz CT molecular complexity index is 567. The average Bonchev–Trinajstić information content (AvgIpc) is 3.21. The highest BCUT2D eigenvalue weighted by molar-refractivity contribution is 7.20. The molecule has 1 saturated carbocycles. The number of amides is 1. The van der Waals surface area contributed by atoms with Gasteiger partial charge in [0.15, 0.2) is 0 Å². The molecule has 1 aliphatic rings. The molecule has 0 bridgehead atoms. The van der Waals surface area contributed by atoms with Crippen LogP contribution in [0.25, 0.3) is 0 Å². The van der Waals surface area contributed by atoms with Crippen LogP contribution in [0.1, 0.15) is 58.6 Å². The van der Waals surface area contributed by atoms with Crippen molar-refractivity contribution in [3.8, 4) is 0 Å². The smallest absolute Gasteiger partial charge is 0.410 e. The van der Waals surface area contributed by atoms with E-state index >= 15 is 0 Å². The Kier molecular flexibility index (Phi) is 6.82. The summed E-state index contributed by atoms with van der Waals surface area (Å²) in [5.41, 5.74) is 0.573. The molecule has 7 heteroatoms. The molecule has 1 heterocycles. The minimum absolute atomic E-state index is 0.136. The summed E-state index contributed by atoms with van der Waals surface area (Å²) in [5.74, 6) is 0. The van der Waals surface area contributed by atoms with Gasteiger partial charge in [0, 0.05) is 18.6 Å². The van der Waals surface area contributed by atoms with Gasteiger partial charge in [-0.15, -0.1) is 11.3 Å². The van der Waals surface area contributed by atoms with Gasteiger partial charge in [-0.1, -0.05) is 23.2 Å². The van der Waals surface area contributed by atoms with Crippen LogP contribution in [0.5, 0.6) is 0 Å². The van der Waals surface area contributed by atoms with Crippen LogP contribution in [-0.4, -0.2) is 35.7 Å². The molecule has 0 spiro atoms. The molecule has 1 amide bonds. The lowest BCUT2D eigenvalue weighted by molar-refractivity contribution is 0.0232. The van der Waals surface area contributed by atoms with Crippen LogP contribution in [-0.2, 0) is 4.74 Å². The lowest BCUT2D eigenvalue weighted by Crippen LogP contribution is -2.39. The van der Waals surface area contributed by atoms with Gasteiger partial charge >= 0.3 is 6.09 Å². The molecule has 1 atom stereocenters. The molecule has 1 aromatic rings. The van der Waals surface area contributed by atoms with Gasteiger partial charge in [-0.25, -0.2) is 4.79 Å². The molecular formula is C17H26Cl2N2O2S. The van der Waals surface area contributed by atoms with Gasteiger partial charge < -0.3 is 15.0 Å². The number of carbonyl (C=O) groups is 1. The average molecular weight is 393 g/mol. The first-order valence-corrected chi connectivity index (χ1v) is 9.92. The van der Waals surface area contributed by atoms with E-state index in [4.69, 9.17) is 27.9 Å². The lowest BCUT2D eigenvalue weighted by Gasteiger charge is -2.27. The van der Waals surface area contributed by atoms with Gasteiger partial charge in [-0.05, 0) is 65.1 Å². The molecule has 0 aliphatic heterocycles. The van der Waals surface area contributed by atoms with E-state index in [1.165, 1.54) is 11.3 Å². The molecule has 0 saturated heterocycles. The summed E-state index contributed by atoms with van der Waals surface area (Å²) in [6.45, 7) is 9.27. The molecule has 1 aliphatic carbocycles. The fraction of sp³-hybridized carbons (Fsp3) is 0.706. The van der Waals surface area contributed by atoms with Gasteiger partial charge in [0.1, 0.15) is 5.60 Å². The summed E-state index contributed by atoms with van der Waals surface area (Å²) in [4.78, 5) is 14.2. The Morgan fingerprint density at radius 2 is 2.12 bits per heavy atom. The number of thiophene rings is 1. The maximum atomic E-state index is 12.3. The zero-order valence-electron chi connectivity index (χ0n) is 14.7. The van der Waals surface area contributed by atoms with Crippen LogP contribution >= 0.6 is 34.5 Å². The first-order valence-electron chi connectivity index (χ1n) is 8.35. The molecule has 24 heavy (non-hydrogen) atoms. The second-order valence-corrected chi connectivity index (χ2v) is 9.50. The highest BCUT2D eigenvalue weighted by Gasteiger charge is 2.34. The van der Waals surface area contributed by atoms with Crippen molar-refractivity contribution in [2.24, 2.45) is 0 Å². The van der Waals surface area contributed by atoms with Crippen molar-refractivity contribution in [3.63, 3.8) is 0 Å². The number of hydrogen-bond donors (Lipinski definition) is 1. The number of halogens is 2. The minimum Gasteiger partial charge on any atom is -0.444 e. The molecule has 0 aromatic carbocycles. The monoisotopic (exact) mass is 392 g/mol. The first kappa shape index (κ1) is 19.8. The first-order chi connectivity index (χ1) is 11.2. The molecular weight excluding hydrogens is 367 g/mol. The second kappa shape index (κ2) is 8.26. The van der Waals surface area contributed by atoms with Crippen LogP contribution in [0.3, 0.4) is 0 Å². The topological polar surface area (TPSA) is 41.6 Å². The molecule has 1 aromatic heterocycles. The summed E-state index contributed by atoms with van der Waals surface area (Å²) in [5, 5.41) is 3.44. The molecule has 1 fully saturated rings. The zero-order chi connectivity index (χ0) is 17.9. The van der Waals surface area contributed by atoms with Crippen molar-refractivity contribution in [1.82, 2.24) is 10.2 Å². The second-order valence-electron chi connectivity index (χ2n) is 7.21. The number of nitrogens with one attached hydrogen (secondary N) is 1. The van der Waals surface area contributed by atoms with E-state index in [0.29, 0.717) is 16.9 Å². The van der Waals surface area contributed by atoms with E-state index in [1.807, 2.05) is 31.7 Å². The maximum absolute atomic E-state index is 12.3. The van der Waals surface area contributed by atoms with E-state index in [1.54, 1.807) is 0 Å². The Hall–Kier alpha value is -0.490. The van der Waals surface area contributed by atoms with E-state index in [2.05, 4.69) is 12.2 Å². The van der Waals surface area contributed by atoms with E-state index in [0.717, 1.165) is 35.7 Å². The van der Waals surface area contributed by atoms with Gasteiger partial charge in [0.25, 0.3) is 0 Å². The van der Waals surface area contributed by atoms with Crippen molar-refractivity contribution >= 4 is 40.6 Å². The standard InChI is InChI=1S/C17H26Cl2N2O2S/c1-11(13-10-14(18)24-15(13)19)20-8-5-9-21(12-6-7-12)16(22)23-17(2,3)4/h10-12,20H,5-9H2,1-4H3. The van der Waals surface area contributed by atoms with E-state index in [-0.39, 0.29) is 12.1 Å². The quantitative estimate of drug-likeness (QED) is 0.623. The summed E-state index contributed by atoms with van der Waals surface area (Å²) in [6.07, 6.45) is 2.82. The molecule has 1 N–H and O–H groups in total. The molecule has 0 radical (unpaired) electrons. The van der Waals surface area contributed by atoms with Crippen LogP contribution in [0.2, 0.25) is 8.67 Å². The summed E-state index contributed by atoms with van der Waals surface area (Å²) < 4.78 is 6.94. The Morgan fingerprint density at radius 1 is 1.46 bits per heavy atom. The Morgan fingerprint density at radius 3 is 2.62 bits per heavy atom. The minimum atomic E-state index is -0.452. The molecule has 1 unspecified atom stereocenters. The van der Waals surface area contributed by atoms with Crippen molar-refractivity contribution in [3.05, 3.63) is 20.3 Å². The largest absolute Gasteiger partial charge is 0.444 e. The summed E-state index contributed by atoms with van der Waals surface area (Å²) >= 11 is 13.6. The third kappa shape index (κ3) is 6.10.